The number of amides is 2. The van der Waals surface area contributed by atoms with Crippen molar-refractivity contribution in [1.82, 2.24) is 9.80 Å². The molecule has 25 heavy (non-hydrogen) atoms. The first kappa shape index (κ1) is 17.5. The van der Waals surface area contributed by atoms with E-state index in [-0.39, 0.29) is 18.4 Å². The van der Waals surface area contributed by atoms with Gasteiger partial charge in [0.1, 0.15) is 12.0 Å². The zero-order valence-corrected chi connectivity index (χ0v) is 14.5. The van der Waals surface area contributed by atoms with Gasteiger partial charge in [0, 0.05) is 36.8 Å². The number of carbonyl (C=O) groups excluding carboxylic acids is 2. The van der Waals surface area contributed by atoms with Crippen LogP contribution in [0.4, 0.5) is 0 Å². The third-order valence-electron chi connectivity index (χ3n) is 4.24. The molecule has 1 saturated heterocycles. The summed E-state index contributed by atoms with van der Waals surface area (Å²) in [5.74, 6) is 0.418. The van der Waals surface area contributed by atoms with E-state index < -0.39 is 0 Å². The van der Waals surface area contributed by atoms with Crippen molar-refractivity contribution in [2.24, 2.45) is 5.73 Å². The Balaban J connectivity index is 1.65. The summed E-state index contributed by atoms with van der Waals surface area (Å²) in [5.41, 5.74) is 6.57. The molecule has 2 amide bonds. The van der Waals surface area contributed by atoms with E-state index in [1.807, 2.05) is 0 Å². The summed E-state index contributed by atoms with van der Waals surface area (Å²) in [6.45, 7) is 2.43. The Morgan fingerprint density at radius 2 is 1.72 bits per heavy atom. The van der Waals surface area contributed by atoms with Crippen LogP contribution in [0.15, 0.2) is 41.0 Å². The number of carbonyl (C=O) groups is 2. The van der Waals surface area contributed by atoms with Gasteiger partial charge in [-0.15, -0.1) is 0 Å². The number of hydrogen-bond donors (Lipinski definition) is 1. The van der Waals surface area contributed by atoms with Crippen molar-refractivity contribution in [3.8, 4) is 0 Å². The van der Waals surface area contributed by atoms with E-state index in [1.165, 1.54) is 6.26 Å². The van der Waals surface area contributed by atoms with E-state index in [0.29, 0.717) is 48.1 Å². The Bertz CT molecular complexity index is 774. The minimum Gasteiger partial charge on any atom is -0.467 e. The summed E-state index contributed by atoms with van der Waals surface area (Å²) in [4.78, 5) is 28.7. The molecule has 0 aliphatic carbocycles. The molecule has 6 nitrogen and oxygen atoms in total. The number of nitrogens with two attached hydrogens (primary N) is 1. The van der Waals surface area contributed by atoms with Gasteiger partial charge in [-0.3, -0.25) is 9.59 Å². The lowest BCUT2D eigenvalue weighted by atomic mass is 10.2. The van der Waals surface area contributed by atoms with Gasteiger partial charge in [0.15, 0.2) is 0 Å². The Labute approximate surface area is 151 Å². The Kier molecular flexibility index (Phi) is 5.40. The average Bonchev–Trinajstić information content (AvgIpc) is 2.97. The van der Waals surface area contributed by atoms with Crippen molar-refractivity contribution in [1.29, 1.82) is 0 Å². The maximum atomic E-state index is 12.6. The number of hydrogen-bond acceptors (Lipinski definition) is 4. The quantitative estimate of drug-likeness (QED) is 0.910. The summed E-state index contributed by atoms with van der Waals surface area (Å²) < 4.78 is 5.24. The predicted molar refractivity (Wildman–Crippen MR) is 94.5 cm³/mol. The van der Waals surface area contributed by atoms with Crippen LogP contribution in [0.2, 0.25) is 5.02 Å². The van der Waals surface area contributed by atoms with Crippen molar-refractivity contribution in [3.63, 3.8) is 0 Å². The minimum atomic E-state index is -0.0968. The van der Waals surface area contributed by atoms with Crippen LogP contribution >= 0.6 is 11.6 Å². The molecule has 0 atom stereocenters. The van der Waals surface area contributed by atoms with Gasteiger partial charge in [-0.05, 0) is 30.7 Å². The van der Waals surface area contributed by atoms with E-state index >= 15 is 0 Å². The molecule has 1 aliphatic heterocycles. The third kappa shape index (κ3) is 4.03. The monoisotopic (exact) mass is 361 g/mol. The molecule has 1 aromatic heterocycles. The van der Waals surface area contributed by atoms with Gasteiger partial charge in [0.05, 0.1) is 12.1 Å². The first-order valence-electron chi connectivity index (χ1n) is 8.20. The zero-order chi connectivity index (χ0) is 17.8. The summed E-state index contributed by atoms with van der Waals surface area (Å²) in [6, 6.07) is 8.58. The molecule has 7 heteroatoms. The van der Waals surface area contributed by atoms with Gasteiger partial charge in [0.2, 0.25) is 0 Å². The van der Waals surface area contributed by atoms with Crippen molar-refractivity contribution in [3.05, 3.63) is 58.5 Å². The second kappa shape index (κ2) is 7.72. The van der Waals surface area contributed by atoms with Crippen molar-refractivity contribution in [2.75, 3.05) is 26.2 Å². The molecular formula is C18H20ClN3O3. The molecule has 0 bridgehead atoms. The maximum Gasteiger partial charge on any atom is 0.257 e. The normalized spacial score (nSPS) is 15.1. The van der Waals surface area contributed by atoms with Crippen LogP contribution in [0.3, 0.4) is 0 Å². The van der Waals surface area contributed by atoms with Gasteiger partial charge < -0.3 is 20.0 Å². The Hall–Kier alpha value is -2.31. The fourth-order valence-electron chi connectivity index (χ4n) is 2.91. The lowest BCUT2D eigenvalue weighted by molar-refractivity contribution is 0.0718. The van der Waals surface area contributed by atoms with E-state index in [1.54, 1.807) is 40.1 Å². The van der Waals surface area contributed by atoms with E-state index in [0.717, 1.165) is 6.42 Å². The van der Waals surface area contributed by atoms with Gasteiger partial charge >= 0.3 is 0 Å². The molecule has 1 aliphatic rings. The third-order valence-corrected chi connectivity index (χ3v) is 4.48. The number of furan rings is 1. The van der Waals surface area contributed by atoms with Crippen LogP contribution in [-0.2, 0) is 6.54 Å². The van der Waals surface area contributed by atoms with Gasteiger partial charge in [-0.25, -0.2) is 0 Å². The predicted octanol–water partition coefficient (Wildman–Crippen LogP) is 2.38. The van der Waals surface area contributed by atoms with Crippen molar-refractivity contribution < 1.29 is 14.0 Å². The smallest absolute Gasteiger partial charge is 0.257 e. The van der Waals surface area contributed by atoms with Crippen LogP contribution in [-0.4, -0.2) is 47.8 Å². The molecule has 132 valence electrons. The zero-order valence-electron chi connectivity index (χ0n) is 13.8. The maximum absolute atomic E-state index is 12.6. The van der Waals surface area contributed by atoms with Crippen molar-refractivity contribution in [2.45, 2.75) is 13.0 Å². The molecular weight excluding hydrogens is 342 g/mol. The lowest BCUT2D eigenvalue weighted by Crippen LogP contribution is -2.37. The summed E-state index contributed by atoms with van der Waals surface area (Å²) in [5, 5.41) is 0.535. The highest BCUT2D eigenvalue weighted by Crippen LogP contribution is 2.16. The van der Waals surface area contributed by atoms with Crippen molar-refractivity contribution >= 4 is 23.4 Å². The molecule has 2 N–H and O–H groups in total. The van der Waals surface area contributed by atoms with Crippen LogP contribution < -0.4 is 5.73 Å². The largest absolute Gasteiger partial charge is 0.467 e. The highest BCUT2D eigenvalue weighted by atomic mass is 35.5. The molecule has 0 spiro atoms. The molecule has 0 saturated carbocycles. The standard InChI is InChI=1S/C18H20ClN3O3/c19-15-4-1-3-13(9-15)17(23)21-5-2-6-22(8-7-21)18(24)14-10-16(11-20)25-12-14/h1,3-4,9-10,12H,2,5-8,11,20H2. The van der Waals surface area contributed by atoms with Crippen LogP contribution in [0.5, 0.6) is 0 Å². The first-order chi connectivity index (χ1) is 12.1. The SMILES string of the molecule is NCc1cc(C(=O)N2CCCN(C(=O)c3cccc(Cl)c3)CC2)co1. The molecule has 1 fully saturated rings. The Morgan fingerprint density at radius 3 is 2.32 bits per heavy atom. The topological polar surface area (TPSA) is 79.8 Å². The minimum absolute atomic E-state index is 0.0643. The second-order valence-corrected chi connectivity index (χ2v) is 6.39. The lowest BCUT2D eigenvalue weighted by Gasteiger charge is -2.22. The molecule has 0 unspecified atom stereocenters. The van der Waals surface area contributed by atoms with E-state index in [2.05, 4.69) is 0 Å². The second-order valence-electron chi connectivity index (χ2n) is 5.95. The molecule has 0 radical (unpaired) electrons. The number of halogens is 1. The summed E-state index contributed by atoms with van der Waals surface area (Å²) >= 11 is 5.97. The molecule has 1 aromatic carbocycles. The number of rotatable bonds is 3. The van der Waals surface area contributed by atoms with E-state index in [9.17, 15) is 9.59 Å². The molecule has 3 rings (SSSR count). The molecule has 2 aromatic rings. The van der Waals surface area contributed by atoms with Gasteiger partial charge in [0.25, 0.3) is 11.8 Å². The highest BCUT2D eigenvalue weighted by molar-refractivity contribution is 6.30. The number of benzene rings is 1. The summed E-state index contributed by atoms with van der Waals surface area (Å²) in [7, 11) is 0. The number of nitrogens with zero attached hydrogens (tertiary/aromatic N) is 2. The van der Waals surface area contributed by atoms with Gasteiger partial charge in [-0.2, -0.15) is 0 Å². The van der Waals surface area contributed by atoms with Gasteiger partial charge in [-0.1, -0.05) is 17.7 Å². The van der Waals surface area contributed by atoms with Crippen LogP contribution in [0.1, 0.15) is 32.9 Å². The van der Waals surface area contributed by atoms with Crippen LogP contribution in [0.25, 0.3) is 0 Å². The fraction of sp³-hybridized carbons (Fsp3) is 0.333. The Morgan fingerprint density at radius 1 is 1.04 bits per heavy atom. The molecule has 2 heterocycles. The van der Waals surface area contributed by atoms with E-state index in [4.69, 9.17) is 21.8 Å². The first-order valence-corrected chi connectivity index (χ1v) is 8.58. The fourth-order valence-corrected chi connectivity index (χ4v) is 3.10. The summed E-state index contributed by atoms with van der Waals surface area (Å²) in [6.07, 6.45) is 2.16. The highest BCUT2D eigenvalue weighted by Gasteiger charge is 2.24. The average molecular weight is 362 g/mol. The van der Waals surface area contributed by atoms with Crippen LogP contribution in [0, 0.1) is 0 Å².